The third-order valence-corrected chi connectivity index (χ3v) is 5.93. The number of sulfone groups is 1. The Bertz CT molecular complexity index is 796. The van der Waals surface area contributed by atoms with E-state index in [2.05, 4.69) is 10.3 Å². The van der Waals surface area contributed by atoms with Crippen molar-refractivity contribution < 1.29 is 12.8 Å². The van der Waals surface area contributed by atoms with Gasteiger partial charge in [0.1, 0.15) is 5.52 Å². The van der Waals surface area contributed by atoms with Crippen molar-refractivity contribution in [2.24, 2.45) is 11.8 Å². The SMILES string of the molecule is CS(=O)(=O)c1ccc2oc(C3NCC4CCCC43)nc2c1. The van der Waals surface area contributed by atoms with E-state index in [4.69, 9.17) is 4.42 Å². The van der Waals surface area contributed by atoms with Crippen LogP contribution in [0.2, 0.25) is 0 Å². The average molecular weight is 306 g/mol. The van der Waals surface area contributed by atoms with Crippen molar-refractivity contribution in [3.05, 3.63) is 24.1 Å². The molecule has 6 heteroatoms. The van der Waals surface area contributed by atoms with E-state index in [1.165, 1.54) is 25.5 Å². The van der Waals surface area contributed by atoms with Crippen LogP contribution < -0.4 is 5.32 Å². The number of fused-ring (bicyclic) bond motifs is 2. The van der Waals surface area contributed by atoms with Crippen LogP contribution >= 0.6 is 0 Å². The van der Waals surface area contributed by atoms with Crippen LogP contribution in [-0.4, -0.2) is 26.2 Å². The van der Waals surface area contributed by atoms with E-state index in [0.717, 1.165) is 12.5 Å². The summed E-state index contributed by atoms with van der Waals surface area (Å²) in [5, 5.41) is 3.51. The van der Waals surface area contributed by atoms with Crippen LogP contribution in [0, 0.1) is 11.8 Å². The molecule has 3 atom stereocenters. The number of benzene rings is 1. The quantitative estimate of drug-likeness (QED) is 0.921. The van der Waals surface area contributed by atoms with Gasteiger partial charge in [-0.05, 0) is 49.4 Å². The first kappa shape index (κ1) is 13.3. The molecule has 112 valence electrons. The highest BCUT2D eigenvalue weighted by Gasteiger charge is 2.41. The third-order valence-electron chi connectivity index (χ3n) is 4.82. The molecule has 21 heavy (non-hydrogen) atoms. The first-order valence-electron chi connectivity index (χ1n) is 7.36. The van der Waals surface area contributed by atoms with Crippen LogP contribution in [0.4, 0.5) is 0 Å². The number of oxazole rings is 1. The fraction of sp³-hybridized carbons (Fsp3) is 0.533. The number of nitrogens with one attached hydrogen (secondary N) is 1. The number of aromatic nitrogens is 1. The smallest absolute Gasteiger partial charge is 0.212 e. The predicted molar refractivity (Wildman–Crippen MR) is 78.7 cm³/mol. The van der Waals surface area contributed by atoms with Crippen molar-refractivity contribution in [2.75, 3.05) is 12.8 Å². The van der Waals surface area contributed by atoms with Crippen molar-refractivity contribution in [1.29, 1.82) is 0 Å². The first-order valence-corrected chi connectivity index (χ1v) is 9.25. The van der Waals surface area contributed by atoms with Crippen LogP contribution in [0.5, 0.6) is 0 Å². The summed E-state index contributed by atoms with van der Waals surface area (Å²) < 4.78 is 29.1. The van der Waals surface area contributed by atoms with Gasteiger partial charge in [-0.25, -0.2) is 13.4 Å². The molecule has 1 aromatic heterocycles. The maximum absolute atomic E-state index is 11.6. The highest BCUT2D eigenvalue weighted by molar-refractivity contribution is 7.90. The summed E-state index contributed by atoms with van der Waals surface area (Å²) in [7, 11) is -3.22. The molecule has 2 aliphatic rings. The topological polar surface area (TPSA) is 72.2 Å². The van der Waals surface area contributed by atoms with E-state index in [0.29, 0.717) is 22.9 Å². The van der Waals surface area contributed by atoms with Gasteiger partial charge in [-0.1, -0.05) is 6.42 Å². The number of nitrogens with zero attached hydrogens (tertiary/aromatic N) is 1. The monoisotopic (exact) mass is 306 g/mol. The zero-order valence-corrected chi connectivity index (χ0v) is 12.7. The molecular weight excluding hydrogens is 288 g/mol. The lowest BCUT2D eigenvalue weighted by Crippen LogP contribution is -2.17. The zero-order valence-electron chi connectivity index (χ0n) is 11.9. The molecule has 0 spiro atoms. The van der Waals surface area contributed by atoms with Gasteiger partial charge in [0.25, 0.3) is 0 Å². The summed E-state index contributed by atoms with van der Waals surface area (Å²) in [6, 6.07) is 5.04. The van der Waals surface area contributed by atoms with Crippen molar-refractivity contribution in [2.45, 2.75) is 30.2 Å². The first-order chi connectivity index (χ1) is 10.0. The normalized spacial score (nSPS) is 29.1. The lowest BCUT2D eigenvalue weighted by molar-refractivity contribution is 0.356. The average Bonchev–Trinajstić information content (AvgIpc) is 3.10. The van der Waals surface area contributed by atoms with Gasteiger partial charge in [0.15, 0.2) is 15.4 Å². The molecular formula is C15H18N2O3S. The standard InChI is InChI=1S/C15H18N2O3S/c1-21(18,19)10-5-6-13-12(7-10)17-15(20-13)14-11-4-2-3-9(11)8-16-14/h5-7,9,11,14,16H,2-4,8H2,1H3. The lowest BCUT2D eigenvalue weighted by Gasteiger charge is -2.13. The molecule has 2 fully saturated rings. The summed E-state index contributed by atoms with van der Waals surface area (Å²) in [5.74, 6) is 2.04. The summed E-state index contributed by atoms with van der Waals surface area (Å²) in [6.45, 7) is 1.03. The number of hydrogen-bond donors (Lipinski definition) is 1. The Morgan fingerprint density at radius 1 is 1.33 bits per heavy atom. The van der Waals surface area contributed by atoms with E-state index in [1.54, 1.807) is 18.2 Å². The minimum absolute atomic E-state index is 0.173. The van der Waals surface area contributed by atoms with Gasteiger partial charge in [0, 0.05) is 6.26 Å². The second-order valence-corrected chi connectivity index (χ2v) is 8.21. The summed E-state index contributed by atoms with van der Waals surface area (Å²) in [5.41, 5.74) is 1.27. The second kappa shape index (κ2) is 4.55. The van der Waals surface area contributed by atoms with E-state index in [9.17, 15) is 8.42 Å². The van der Waals surface area contributed by atoms with E-state index in [1.807, 2.05) is 0 Å². The summed E-state index contributed by atoms with van der Waals surface area (Å²) in [4.78, 5) is 4.82. The van der Waals surface area contributed by atoms with E-state index in [-0.39, 0.29) is 10.9 Å². The third kappa shape index (κ3) is 2.17. The van der Waals surface area contributed by atoms with Gasteiger partial charge in [-0.15, -0.1) is 0 Å². The molecule has 4 rings (SSSR count). The highest BCUT2D eigenvalue weighted by atomic mass is 32.2. The zero-order chi connectivity index (χ0) is 14.6. The van der Waals surface area contributed by atoms with Crippen molar-refractivity contribution in [3.8, 4) is 0 Å². The van der Waals surface area contributed by atoms with E-state index >= 15 is 0 Å². The second-order valence-electron chi connectivity index (χ2n) is 6.19. The molecule has 1 aromatic carbocycles. The Balaban J connectivity index is 1.74. The minimum atomic E-state index is -3.22. The Kier molecular flexibility index (Phi) is 2.87. The fourth-order valence-electron chi connectivity index (χ4n) is 3.75. The Morgan fingerprint density at radius 2 is 2.19 bits per heavy atom. The van der Waals surface area contributed by atoms with Gasteiger partial charge in [0.05, 0.1) is 10.9 Å². The predicted octanol–water partition coefficient (Wildman–Crippen LogP) is 2.29. The van der Waals surface area contributed by atoms with Crippen LogP contribution in [0.15, 0.2) is 27.5 Å². The number of rotatable bonds is 2. The molecule has 3 unspecified atom stereocenters. The molecule has 2 aromatic rings. The van der Waals surface area contributed by atoms with Crippen LogP contribution in [0.1, 0.15) is 31.2 Å². The molecule has 2 heterocycles. The van der Waals surface area contributed by atoms with Gasteiger partial charge in [-0.3, -0.25) is 0 Å². The maximum atomic E-state index is 11.6. The fourth-order valence-corrected chi connectivity index (χ4v) is 4.39. The summed E-state index contributed by atoms with van der Waals surface area (Å²) in [6.07, 6.45) is 4.99. The molecule has 0 radical (unpaired) electrons. The van der Waals surface area contributed by atoms with Gasteiger partial charge in [-0.2, -0.15) is 0 Å². The van der Waals surface area contributed by atoms with Crippen LogP contribution in [0.3, 0.4) is 0 Å². The Hall–Kier alpha value is -1.40. The van der Waals surface area contributed by atoms with Crippen LogP contribution in [0.25, 0.3) is 11.1 Å². The van der Waals surface area contributed by atoms with Gasteiger partial charge < -0.3 is 9.73 Å². The maximum Gasteiger partial charge on any atom is 0.212 e. The molecule has 0 amide bonds. The molecule has 1 saturated carbocycles. The molecule has 0 bridgehead atoms. The Labute approximate surface area is 123 Å². The molecule has 5 nitrogen and oxygen atoms in total. The largest absolute Gasteiger partial charge is 0.439 e. The van der Waals surface area contributed by atoms with Crippen molar-refractivity contribution in [1.82, 2.24) is 10.3 Å². The Morgan fingerprint density at radius 3 is 3.00 bits per heavy atom. The van der Waals surface area contributed by atoms with Crippen molar-refractivity contribution in [3.63, 3.8) is 0 Å². The van der Waals surface area contributed by atoms with Gasteiger partial charge >= 0.3 is 0 Å². The van der Waals surface area contributed by atoms with E-state index < -0.39 is 9.84 Å². The van der Waals surface area contributed by atoms with Crippen molar-refractivity contribution >= 4 is 20.9 Å². The lowest BCUT2D eigenvalue weighted by atomic mass is 9.94. The molecule has 1 aliphatic carbocycles. The molecule has 1 N–H and O–H groups in total. The van der Waals surface area contributed by atoms with Gasteiger partial charge in [0.2, 0.25) is 5.89 Å². The molecule has 1 saturated heterocycles. The number of hydrogen-bond acceptors (Lipinski definition) is 5. The van der Waals surface area contributed by atoms with Crippen LogP contribution in [-0.2, 0) is 9.84 Å². The molecule has 1 aliphatic heterocycles. The highest BCUT2D eigenvalue weighted by Crippen LogP contribution is 2.44. The summed E-state index contributed by atoms with van der Waals surface area (Å²) >= 11 is 0. The minimum Gasteiger partial charge on any atom is -0.439 e.